The third kappa shape index (κ3) is 4.14. The van der Waals surface area contributed by atoms with Gasteiger partial charge in [0.2, 0.25) is 0 Å². The Labute approximate surface area is 69.2 Å². The van der Waals surface area contributed by atoms with E-state index in [1.54, 1.807) is 0 Å². The fraction of sp³-hybridized carbons (Fsp3) is 0.889. The van der Waals surface area contributed by atoms with E-state index < -0.39 is 0 Å². The standard InChI is InChI=1S/C9H19NO/c1-6(2)5-8(10)9(11)7(3)4/h6-8H,5,10H2,1-4H3/i10+1. The van der Waals surface area contributed by atoms with Gasteiger partial charge < -0.3 is 5.73 Å². The highest BCUT2D eigenvalue weighted by molar-refractivity contribution is 5.85. The van der Waals surface area contributed by atoms with E-state index >= 15 is 0 Å². The minimum atomic E-state index is -0.255. The molecule has 2 N–H and O–H groups in total. The van der Waals surface area contributed by atoms with E-state index in [9.17, 15) is 4.79 Å². The van der Waals surface area contributed by atoms with Gasteiger partial charge in [-0.2, -0.15) is 0 Å². The van der Waals surface area contributed by atoms with Crippen molar-refractivity contribution in [3.05, 3.63) is 0 Å². The molecule has 0 amide bonds. The smallest absolute Gasteiger partial charge is 0.152 e. The summed E-state index contributed by atoms with van der Waals surface area (Å²) in [5.41, 5.74) is 5.67. The molecule has 0 rings (SSSR count). The maximum atomic E-state index is 11.3. The summed E-state index contributed by atoms with van der Waals surface area (Å²) in [6.07, 6.45) is 0.803. The molecule has 2 heteroatoms. The Morgan fingerprint density at radius 2 is 1.73 bits per heavy atom. The molecule has 0 aliphatic carbocycles. The number of rotatable bonds is 4. The second-order valence-electron chi connectivity index (χ2n) is 3.79. The van der Waals surface area contributed by atoms with Gasteiger partial charge in [-0.1, -0.05) is 27.7 Å². The van der Waals surface area contributed by atoms with E-state index in [1.165, 1.54) is 0 Å². The third-order valence-corrected chi connectivity index (χ3v) is 1.66. The van der Waals surface area contributed by atoms with Crippen molar-refractivity contribution in [1.29, 1.82) is 0 Å². The molecule has 1 unspecified atom stereocenters. The van der Waals surface area contributed by atoms with Gasteiger partial charge in [0.25, 0.3) is 0 Å². The third-order valence-electron chi connectivity index (χ3n) is 1.66. The van der Waals surface area contributed by atoms with E-state index in [0.717, 1.165) is 6.42 Å². The monoisotopic (exact) mass is 158 g/mol. The average Bonchev–Trinajstić information content (AvgIpc) is 1.84. The summed E-state index contributed by atoms with van der Waals surface area (Å²) in [6, 6.07) is -0.255. The summed E-state index contributed by atoms with van der Waals surface area (Å²) in [5.74, 6) is 0.759. The number of carbonyl (C=O) groups is 1. The predicted molar refractivity (Wildman–Crippen MR) is 47.3 cm³/mol. The number of ketones is 1. The SMILES string of the molecule is CC(C)CC([15NH2])C(=O)C(C)C. The van der Waals surface area contributed by atoms with Gasteiger partial charge in [0.05, 0.1) is 6.04 Å². The minimum absolute atomic E-state index is 0.0729. The second kappa shape index (κ2) is 4.50. The van der Waals surface area contributed by atoms with Crippen molar-refractivity contribution in [3.63, 3.8) is 0 Å². The highest BCUT2D eigenvalue weighted by Crippen LogP contribution is 2.07. The summed E-state index contributed by atoms with van der Waals surface area (Å²) in [5, 5.41) is 0. The summed E-state index contributed by atoms with van der Waals surface area (Å²) < 4.78 is 0. The van der Waals surface area contributed by atoms with Crippen LogP contribution in [0.2, 0.25) is 0 Å². The van der Waals surface area contributed by atoms with E-state index in [-0.39, 0.29) is 17.7 Å². The fourth-order valence-electron chi connectivity index (χ4n) is 1.05. The molecule has 1 atom stereocenters. The quantitative estimate of drug-likeness (QED) is 0.631. The molecular formula is C9H19NO. The molecule has 0 aromatic rings. The molecule has 0 aliphatic heterocycles. The van der Waals surface area contributed by atoms with Crippen molar-refractivity contribution in [2.24, 2.45) is 17.6 Å². The first-order chi connectivity index (χ1) is 4.95. The molecule has 0 aliphatic rings. The molecule has 11 heavy (non-hydrogen) atoms. The number of hydrogen-bond donors (Lipinski definition) is 1. The van der Waals surface area contributed by atoms with Crippen molar-refractivity contribution in [3.8, 4) is 0 Å². The molecule has 66 valence electrons. The maximum Gasteiger partial charge on any atom is 0.152 e. The van der Waals surface area contributed by atoms with Crippen molar-refractivity contribution in [2.75, 3.05) is 0 Å². The van der Waals surface area contributed by atoms with Crippen LogP contribution < -0.4 is 5.73 Å². The van der Waals surface area contributed by atoms with Gasteiger partial charge in [-0.15, -0.1) is 0 Å². The topological polar surface area (TPSA) is 43.1 Å². The molecule has 0 spiro atoms. The van der Waals surface area contributed by atoms with Gasteiger partial charge in [0, 0.05) is 5.92 Å². The van der Waals surface area contributed by atoms with Gasteiger partial charge in [-0.3, -0.25) is 4.79 Å². The van der Waals surface area contributed by atoms with Crippen molar-refractivity contribution < 1.29 is 4.79 Å². The Kier molecular flexibility index (Phi) is 4.34. The Morgan fingerprint density at radius 3 is 2.00 bits per heavy atom. The van der Waals surface area contributed by atoms with Crippen LogP contribution >= 0.6 is 0 Å². The summed E-state index contributed by atoms with van der Waals surface area (Å²) in [7, 11) is 0. The van der Waals surface area contributed by atoms with Crippen LogP contribution in [0.25, 0.3) is 0 Å². The van der Waals surface area contributed by atoms with E-state index in [1.807, 2.05) is 13.8 Å². The number of nitrogens with two attached hydrogens (primary N) is 1. The highest BCUT2D eigenvalue weighted by atomic mass is 16.1. The zero-order valence-corrected chi connectivity index (χ0v) is 7.92. The van der Waals surface area contributed by atoms with Crippen LogP contribution in [0.1, 0.15) is 34.1 Å². The van der Waals surface area contributed by atoms with Crippen LogP contribution in [0.3, 0.4) is 0 Å². The lowest BCUT2D eigenvalue weighted by molar-refractivity contribution is -0.123. The molecular weight excluding hydrogens is 139 g/mol. The van der Waals surface area contributed by atoms with Crippen LogP contribution in [0.4, 0.5) is 0 Å². The summed E-state index contributed by atoms with van der Waals surface area (Å²) in [4.78, 5) is 11.3. The second-order valence-corrected chi connectivity index (χ2v) is 3.79. The lowest BCUT2D eigenvalue weighted by atomic mass is 9.96. The Morgan fingerprint density at radius 1 is 1.27 bits per heavy atom. The molecule has 0 saturated carbocycles. The Hall–Kier alpha value is -0.370. The van der Waals surface area contributed by atoms with Gasteiger partial charge in [0.15, 0.2) is 5.78 Å². The predicted octanol–water partition coefficient (Wildman–Crippen LogP) is 1.58. The maximum absolute atomic E-state index is 11.3. The van der Waals surface area contributed by atoms with Gasteiger partial charge in [-0.25, -0.2) is 0 Å². The first-order valence-electron chi connectivity index (χ1n) is 4.24. The van der Waals surface area contributed by atoms with E-state index in [4.69, 9.17) is 5.73 Å². The highest BCUT2D eigenvalue weighted by Gasteiger charge is 2.17. The molecule has 0 aromatic heterocycles. The van der Waals surface area contributed by atoms with Crippen LogP contribution in [0.15, 0.2) is 0 Å². The zero-order valence-electron chi connectivity index (χ0n) is 7.92. The van der Waals surface area contributed by atoms with Gasteiger partial charge in [-0.05, 0) is 12.3 Å². The fourth-order valence-corrected chi connectivity index (χ4v) is 1.05. The van der Waals surface area contributed by atoms with Crippen LogP contribution in [0, 0.1) is 11.8 Å². The number of Topliss-reactive ketones (excluding diaryl/α,β-unsaturated/α-hetero) is 1. The van der Waals surface area contributed by atoms with Crippen LogP contribution in [-0.2, 0) is 4.79 Å². The lowest BCUT2D eigenvalue weighted by Crippen LogP contribution is -2.34. The van der Waals surface area contributed by atoms with Crippen molar-refractivity contribution in [1.82, 2.24) is 0 Å². The Bertz CT molecular complexity index is 130. The van der Waals surface area contributed by atoms with Crippen molar-refractivity contribution in [2.45, 2.75) is 40.2 Å². The summed E-state index contributed by atoms with van der Waals surface area (Å²) >= 11 is 0. The minimum Gasteiger partial charge on any atom is -0.321 e. The van der Waals surface area contributed by atoms with Crippen LogP contribution in [0.5, 0.6) is 0 Å². The molecule has 0 aromatic carbocycles. The summed E-state index contributed by atoms with van der Waals surface area (Å²) in [6.45, 7) is 7.94. The van der Waals surface area contributed by atoms with Crippen molar-refractivity contribution >= 4 is 5.78 Å². The molecule has 0 saturated heterocycles. The largest absolute Gasteiger partial charge is 0.321 e. The number of carbonyl (C=O) groups excluding carboxylic acids is 1. The molecule has 0 bridgehead atoms. The Balaban J connectivity index is 3.83. The van der Waals surface area contributed by atoms with Gasteiger partial charge in [0.1, 0.15) is 0 Å². The first kappa shape index (κ1) is 10.6. The zero-order chi connectivity index (χ0) is 9.02. The van der Waals surface area contributed by atoms with E-state index in [0.29, 0.717) is 5.92 Å². The van der Waals surface area contributed by atoms with Crippen LogP contribution in [-0.4, -0.2) is 11.8 Å². The van der Waals surface area contributed by atoms with Gasteiger partial charge >= 0.3 is 0 Å². The average molecular weight is 158 g/mol. The molecule has 0 radical (unpaired) electrons. The molecule has 2 nitrogen and oxygen atoms in total. The number of hydrogen-bond acceptors (Lipinski definition) is 2. The first-order valence-corrected chi connectivity index (χ1v) is 4.24. The lowest BCUT2D eigenvalue weighted by Gasteiger charge is -2.14. The normalized spacial score (nSPS) is 14.1. The molecule has 0 fully saturated rings. The molecule has 0 heterocycles. The van der Waals surface area contributed by atoms with E-state index in [2.05, 4.69) is 13.8 Å².